The minimum Gasteiger partial charge on any atom is -0.369 e. The van der Waals surface area contributed by atoms with Crippen LogP contribution in [-0.2, 0) is 15.7 Å². The molecule has 26 heavy (non-hydrogen) atoms. The van der Waals surface area contributed by atoms with E-state index >= 15 is 0 Å². The van der Waals surface area contributed by atoms with E-state index in [-0.39, 0.29) is 34.5 Å². The van der Waals surface area contributed by atoms with Crippen LogP contribution in [0, 0.1) is 11.8 Å². The molecule has 1 aromatic heterocycles. The van der Waals surface area contributed by atoms with Crippen LogP contribution in [0.4, 0.5) is 19.0 Å². The van der Waals surface area contributed by atoms with Crippen molar-refractivity contribution in [3.05, 3.63) is 22.8 Å². The number of rotatable bonds is 3. The smallest absolute Gasteiger partial charge is 0.369 e. The molecular formula is C17H19ClF3N3O2. The Labute approximate surface area is 153 Å². The third-order valence-corrected chi connectivity index (χ3v) is 6.10. The molecule has 1 amide bonds. The fraction of sp³-hybridized carbons (Fsp3) is 0.647. The predicted molar refractivity (Wildman–Crippen MR) is 89.0 cm³/mol. The van der Waals surface area contributed by atoms with Gasteiger partial charge >= 0.3 is 6.18 Å². The summed E-state index contributed by atoms with van der Waals surface area (Å²) in [6.07, 6.45) is -1.68. The Balaban J connectivity index is 1.55. The number of aromatic nitrogens is 1. The summed E-state index contributed by atoms with van der Waals surface area (Å²) in [5.74, 6) is 0.678. The van der Waals surface area contributed by atoms with Gasteiger partial charge in [0.1, 0.15) is 5.82 Å². The van der Waals surface area contributed by atoms with Crippen LogP contribution < -0.4 is 10.2 Å². The molecule has 4 rings (SSSR count). The zero-order chi connectivity index (χ0) is 18.7. The number of carbonyl (C=O) groups is 1. The molecule has 3 aliphatic rings. The Hall–Kier alpha value is -1.54. The summed E-state index contributed by atoms with van der Waals surface area (Å²) in [7, 11) is 0. The summed E-state index contributed by atoms with van der Waals surface area (Å²) in [5, 5.41) is 2.86. The van der Waals surface area contributed by atoms with Gasteiger partial charge in [0.2, 0.25) is 5.91 Å². The van der Waals surface area contributed by atoms with E-state index in [0.29, 0.717) is 25.5 Å². The number of nitrogens with zero attached hydrogens (tertiary/aromatic N) is 2. The van der Waals surface area contributed by atoms with E-state index in [4.69, 9.17) is 16.3 Å². The van der Waals surface area contributed by atoms with Crippen molar-refractivity contribution >= 4 is 23.3 Å². The Morgan fingerprint density at radius 2 is 2.31 bits per heavy atom. The number of carbonyl (C=O) groups excluding carboxylic acids is 1. The number of hydrogen-bond donors (Lipinski definition) is 1. The van der Waals surface area contributed by atoms with Crippen molar-refractivity contribution in [2.45, 2.75) is 37.6 Å². The van der Waals surface area contributed by atoms with Gasteiger partial charge in [-0.1, -0.05) is 11.6 Å². The van der Waals surface area contributed by atoms with E-state index in [2.05, 4.69) is 10.3 Å². The van der Waals surface area contributed by atoms with Crippen molar-refractivity contribution in [3.63, 3.8) is 0 Å². The van der Waals surface area contributed by atoms with Crippen molar-refractivity contribution in [2.75, 3.05) is 24.5 Å². The normalized spacial score (nSPS) is 32.8. The van der Waals surface area contributed by atoms with Crippen molar-refractivity contribution in [2.24, 2.45) is 11.8 Å². The van der Waals surface area contributed by atoms with Crippen LogP contribution in [0.25, 0.3) is 0 Å². The van der Waals surface area contributed by atoms with Crippen LogP contribution in [0.15, 0.2) is 12.3 Å². The highest BCUT2D eigenvalue weighted by molar-refractivity contribution is 6.33. The first-order valence-electron chi connectivity index (χ1n) is 8.59. The number of nitrogens with one attached hydrogen (secondary N) is 1. The van der Waals surface area contributed by atoms with E-state index in [1.807, 2.05) is 4.90 Å². The van der Waals surface area contributed by atoms with Gasteiger partial charge in [-0.3, -0.25) is 4.79 Å². The van der Waals surface area contributed by atoms with Gasteiger partial charge in [0, 0.05) is 44.6 Å². The van der Waals surface area contributed by atoms with Crippen molar-refractivity contribution < 1.29 is 22.7 Å². The maximum atomic E-state index is 12.8. The number of alkyl halides is 3. The van der Waals surface area contributed by atoms with Gasteiger partial charge in [-0.2, -0.15) is 13.2 Å². The highest BCUT2D eigenvalue weighted by Crippen LogP contribution is 2.55. The van der Waals surface area contributed by atoms with E-state index in [9.17, 15) is 18.0 Å². The number of fused-ring (bicyclic) bond motifs is 1. The third-order valence-electron chi connectivity index (χ3n) is 5.82. The van der Waals surface area contributed by atoms with Gasteiger partial charge in [0.15, 0.2) is 0 Å². The van der Waals surface area contributed by atoms with E-state index < -0.39 is 11.7 Å². The SMILES string of the molecule is CC(=O)NC[C@H]1[C@H]2CN(c3ncc(C(F)(F)F)cc3Cl)C[C@]23CC[C@H]1O3. The number of amides is 1. The second kappa shape index (κ2) is 5.99. The summed E-state index contributed by atoms with van der Waals surface area (Å²) in [6, 6.07) is 0.919. The summed E-state index contributed by atoms with van der Waals surface area (Å²) >= 11 is 6.11. The lowest BCUT2D eigenvalue weighted by molar-refractivity contribution is -0.137. The fourth-order valence-corrected chi connectivity index (χ4v) is 4.99. The Morgan fingerprint density at radius 1 is 1.54 bits per heavy atom. The molecule has 2 bridgehead atoms. The highest BCUT2D eigenvalue weighted by atomic mass is 35.5. The van der Waals surface area contributed by atoms with Crippen LogP contribution in [0.3, 0.4) is 0 Å². The number of halogens is 4. The number of hydrogen-bond acceptors (Lipinski definition) is 4. The van der Waals surface area contributed by atoms with Gasteiger partial charge in [-0.05, 0) is 18.9 Å². The highest BCUT2D eigenvalue weighted by Gasteiger charge is 2.63. The number of anilines is 1. The molecule has 3 saturated heterocycles. The maximum absolute atomic E-state index is 12.8. The van der Waals surface area contributed by atoms with Gasteiger partial charge in [0.25, 0.3) is 0 Å². The van der Waals surface area contributed by atoms with Crippen molar-refractivity contribution in [1.82, 2.24) is 10.3 Å². The average molecular weight is 390 g/mol. The molecule has 0 saturated carbocycles. The van der Waals surface area contributed by atoms with Crippen LogP contribution in [0.5, 0.6) is 0 Å². The van der Waals surface area contributed by atoms with Crippen LogP contribution in [0.2, 0.25) is 5.02 Å². The summed E-state index contributed by atoms with van der Waals surface area (Å²) in [4.78, 5) is 17.2. The minimum absolute atomic E-state index is 0.0100. The topological polar surface area (TPSA) is 54.5 Å². The van der Waals surface area contributed by atoms with Gasteiger partial charge < -0.3 is 15.0 Å². The quantitative estimate of drug-likeness (QED) is 0.863. The molecule has 5 nitrogen and oxygen atoms in total. The lowest BCUT2D eigenvalue weighted by atomic mass is 9.73. The van der Waals surface area contributed by atoms with Crippen molar-refractivity contribution in [3.8, 4) is 0 Å². The fourth-order valence-electron chi connectivity index (χ4n) is 4.70. The molecule has 0 unspecified atom stereocenters. The molecule has 1 aromatic rings. The molecule has 9 heteroatoms. The molecule has 0 aliphatic carbocycles. The first-order chi connectivity index (χ1) is 12.2. The molecule has 0 aromatic carbocycles. The summed E-state index contributed by atoms with van der Waals surface area (Å²) in [6.45, 7) is 3.20. The van der Waals surface area contributed by atoms with Gasteiger partial charge in [-0.25, -0.2) is 4.98 Å². The molecule has 3 aliphatic heterocycles. The summed E-state index contributed by atoms with van der Waals surface area (Å²) < 4.78 is 44.7. The minimum atomic E-state index is -4.47. The standard InChI is InChI=1S/C17H19ClF3N3O2/c1-9(25)22-6-11-12-7-24(8-16(12)3-2-14(11)26-16)15-13(18)4-10(5-23-15)17(19,20)21/h4-5,11-12,14H,2-3,6-8H2,1H3,(H,22,25)/t11-,12+,14+,16+/m0/s1. The third kappa shape index (κ3) is 2.83. The zero-order valence-corrected chi connectivity index (χ0v) is 14.9. The van der Waals surface area contributed by atoms with Crippen molar-refractivity contribution in [1.29, 1.82) is 0 Å². The number of ether oxygens (including phenoxy) is 1. The molecule has 142 valence electrons. The Kier molecular flexibility index (Phi) is 4.11. The van der Waals surface area contributed by atoms with E-state index in [1.165, 1.54) is 6.92 Å². The van der Waals surface area contributed by atoms with E-state index in [1.54, 1.807) is 0 Å². The molecule has 4 heterocycles. The number of pyridine rings is 1. The lowest BCUT2D eigenvalue weighted by Gasteiger charge is -2.29. The molecule has 4 atom stereocenters. The summed E-state index contributed by atoms with van der Waals surface area (Å²) in [5.41, 5.74) is -1.17. The van der Waals surface area contributed by atoms with Crippen LogP contribution in [0.1, 0.15) is 25.3 Å². The lowest BCUT2D eigenvalue weighted by Crippen LogP contribution is -2.41. The van der Waals surface area contributed by atoms with Gasteiger partial charge in [0.05, 0.1) is 22.3 Å². The Bertz CT molecular complexity index is 744. The second-order valence-electron chi connectivity index (χ2n) is 7.37. The molecule has 0 radical (unpaired) electrons. The van der Waals surface area contributed by atoms with Crippen LogP contribution >= 0.6 is 11.6 Å². The first kappa shape index (κ1) is 17.9. The zero-order valence-electron chi connectivity index (χ0n) is 14.1. The monoisotopic (exact) mass is 389 g/mol. The first-order valence-corrected chi connectivity index (χ1v) is 8.97. The second-order valence-corrected chi connectivity index (χ2v) is 7.78. The molecule has 3 fully saturated rings. The van der Waals surface area contributed by atoms with Crippen LogP contribution in [-0.4, -0.2) is 42.2 Å². The predicted octanol–water partition coefficient (Wildman–Crippen LogP) is 2.87. The molecule has 1 spiro atoms. The molecule has 1 N–H and O–H groups in total. The average Bonchev–Trinajstić information content (AvgIpc) is 3.19. The largest absolute Gasteiger partial charge is 0.417 e. The van der Waals surface area contributed by atoms with E-state index in [0.717, 1.165) is 25.1 Å². The Morgan fingerprint density at radius 3 is 2.96 bits per heavy atom. The molecular weight excluding hydrogens is 371 g/mol. The van der Waals surface area contributed by atoms with Gasteiger partial charge in [-0.15, -0.1) is 0 Å². The maximum Gasteiger partial charge on any atom is 0.417 e.